The molecule has 1 aliphatic carbocycles. The van der Waals surface area contributed by atoms with Gasteiger partial charge >= 0.3 is 0 Å². The summed E-state index contributed by atoms with van der Waals surface area (Å²) in [6.07, 6.45) is 1.30. The lowest BCUT2D eigenvalue weighted by molar-refractivity contribution is 0.489. The minimum absolute atomic E-state index is 0.399. The molecule has 0 aromatic heterocycles. The van der Waals surface area contributed by atoms with Gasteiger partial charge in [-0.15, -0.1) is 0 Å². The van der Waals surface area contributed by atoms with Crippen LogP contribution in [0.5, 0.6) is 0 Å². The molecule has 0 heteroatoms. The molecule has 0 fully saturated rings. The van der Waals surface area contributed by atoms with E-state index in [0.29, 0.717) is 5.41 Å². The largest absolute Gasteiger partial charge is 0.0620 e. The maximum Gasteiger partial charge on any atom is -0.00950 e. The first-order valence-electron chi connectivity index (χ1n) is 4.71. The van der Waals surface area contributed by atoms with Crippen LogP contribution >= 0.6 is 0 Å². The number of fused-ring (bicyclic) bond motifs is 1. The lowest BCUT2D eigenvalue weighted by Gasteiger charge is -2.18. The van der Waals surface area contributed by atoms with E-state index in [0.717, 1.165) is 5.92 Å². The highest BCUT2D eigenvalue weighted by Crippen LogP contribution is 2.44. The molecule has 2 rings (SSSR count). The van der Waals surface area contributed by atoms with Gasteiger partial charge in [0.2, 0.25) is 0 Å². The van der Waals surface area contributed by atoms with Crippen LogP contribution in [0, 0.1) is 0 Å². The molecule has 0 spiro atoms. The fourth-order valence-corrected chi connectivity index (χ4v) is 2.53. The monoisotopic (exact) mass is 160 g/mol. The third-order valence-corrected chi connectivity index (χ3v) is 3.04. The van der Waals surface area contributed by atoms with Gasteiger partial charge in [-0.1, -0.05) is 45.0 Å². The van der Waals surface area contributed by atoms with Crippen LogP contribution in [-0.2, 0) is 5.41 Å². The van der Waals surface area contributed by atoms with E-state index in [4.69, 9.17) is 0 Å². The van der Waals surface area contributed by atoms with Crippen LogP contribution in [0.3, 0.4) is 0 Å². The molecule has 1 atom stereocenters. The molecule has 1 aliphatic rings. The summed E-state index contributed by atoms with van der Waals surface area (Å²) in [5.74, 6) is 0.746. The third-order valence-electron chi connectivity index (χ3n) is 3.04. The van der Waals surface area contributed by atoms with Crippen molar-refractivity contribution in [3.8, 4) is 0 Å². The Labute approximate surface area is 74.6 Å². The average Bonchev–Trinajstić information content (AvgIpc) is 2.25. The minimum Gasteiger partial charge on any atom is -0.0620 e. The van der Waals surface area contributed by atoms with Gasteiger partial charge < -0.3 is 0 Å². The van der Waals surface area contributed by atoms with E-state index in [1.165, 1.54) is 6.42 Å². The van der Waals surface area contributed by atoms with E-state index in [1.54, 1.807) is 11.1 Å². The van der Waals surface area contributed by atoms with Crippen molar-refractivity contribution in [3.05, 3.63) is 35.4 Å². The summed E-state index contributed by atoms with van der Waals surface area (Å²) in [7, 11) is 0. The maximum atomic E-state index is 2.34. The second kappa shape index (κ2) is 2.35. The molecule has 0 radical (unpaired) electrons. The molecule has 0 saturated carbocycles. The van der Waals surface area contributed by atoms with Crippen molar-refractivity contribution in [1.29, 1.82) is 0 Å². The first kappa shape index (κ1) is 7.85. The molecular weight excluding hydrogens is 144 g/mol. The Bertz CT molecular complexity index is 297. The van der Waals surface area contributed by atoms with Gasteiger partial charge in [-0.05, 0) is 28.9 Å². The minimum atomic E-state index is 0.399. The van der Waals surface area contributed by atoms with Crippen LogP contribution in [0.4, 0.5) is 0 Å². The normalized spacial score (nSPS) is 25.4. The topological polar surface area (TPSA) is 0 Å². The van der Waals surface area contributed by atoms with Gasteiger partial charge in [0, 0.05) is 0 Å². The zero-order valence-electron chi connectivity index (χ0n) is 8.09. The predicted molar refractivity (Wildman–Crippen MR) is 52.5 cm³/mol. The summed E-state index contributed by atoms with van der Waals surface area (Å²) in [5.41, 5.74) is 3.51. The van der Waals surface area contributed by atoms with Crippen molar-refractivity contribution in [2.45, 2.75) is 38.5 Å². The van der Waals surface area contributed by atoms with Crippen molar-refractivity contribution >= 4 is 0 Å². The second-order valence-corrected chi connectivity index (χ2v) is 4.58. The summed E-state index contributed by atoms with van der Waals surface area (Å²) in [4.78, 5) is 0. The van der Waals surface area contributed by atoms with Crippen LogP contribution in [-0.4, -0.2) is 0 Å². The van der Waals surface area contributed by atoms with E-state index in [-0.39, 0.29) is 0 Å². The number of benzene rings is 1. The molecule has 64 valence electrons. The SMILES string of the molecule is C[C@@H]1CC(C)(C)c2ccccc21. The molecule has 0 nitrogen and oxygen atoms in total. The van der Waals surface area contributed by atoms with Crippen LogP contribution in [0.25, 0.3) is 0 Å². The van der Waals surface area contributed by atoms with Gasteiger partial charge in [0.05, 0.1) is 0 Å². The Hall–Kier alpha value is -0.780. The summed E-state index contributed by atoms with van der Waals surface area (Å²) in [6, 6.07) is 8.85. The molecule has 0 saturated heterocycles. The highest BCUT2D eigenvalue weighted by molar-refractivity contribution is 5.40. The molecule has 1 aromatic rings. The predicted octanol–water partition coefficient (Wildman–Crippen LogP) is 3.47. The highest BCUT2D eigenvalue weighted by atomic mass is 14.4. The van der Waals surface area contributed by atoms with Gasteiger partial charge in [0.1, 0.15) is 0 Å². The Balaban J connectivity index is 2.58. The quantitative estimate of drug-likeness (QED) is 0.545. The first-order chi connectivity index (χ1) is 5.61. The summed E-state index contributed by atoms with van der Waals surface area (Å²) in [5, 5.41) is 0. The summed E-state index contributed by atoms with van der Waals surface area (Å²) >= 11 is 0. The first-order valence-corrected chi connectivity index (χ1v) is 4.71. The molecule has 0 amide bonds. The van der Waals surface area contributed by atoms with Gasteiger partial charge in [-0.3, -0.25) is 0 Å². The van der Waals surface area contributed by atoms with Crippen LogP contribution < -0.4 is 0 Å². The fourth-order valence-electron chi connectivity index (χ4n) is 2.53. The Morgan fingerprint density at radius 1 is 1.25 bits per heavy atom. The van der Waals surface area contributed by atoms with Crippen LogP contribution in [0.1, 0.15) is 44.2 Å². The molecular formula is C12H16. The summed E-state index contributed by atoms with van der Waals surface area (Å²) < 4.78 is 0. The molecule has 0 N–H and O–H groups in total. The van der Waals surface area contributed by atoms with E-state index in [9.17, 15) is 0 Å². The highest BCUT2D eigenvalue weighted by Gasteiger charge is 2.33. The van der Waals surface area contributed by atoms with Gasteiger partial charge in [-0.2, -0.15) is 0 Å². The smallest absolute Gasteiger partial charge is 0.00950 e. The number of hydrogen-bond acceptors (Lipinski definition) is 0. The van der Waals surface area contributed by atoms with Crippen LogP contribution in [0.15, 0.2) is 24.3 Å². The van der Waals surface area contributed by atoms with Crippen molar-refractivity contribution in [1.82, 2.24) is 0 Å². The summed E-state index contributed by atoms with van der Waals surface area (Å²) in [6.45, 7) is 7.01. The van der Waals surface area contributed by atoms with Crippen LogP contribution in [0.2, 0.25) is 0 Å². The molecule has 0 bridgehead atoms. The molecule has 0 aliphatic heterocycles. The van der Waals surface area contributed by atoms with Gasteiger partial charge in [0.15, 0.2) is 0 Å². The van der Waals surface area contributed by atoms with Gasteiger partial charge in [0.25, 0.3) is 0 Å². The Kier molecular flexibility index (Phi) is 1.54. The number of hydrogen-bond donors (Lipinski definition) is 0. The second-order valence-electron chi connectivity index (χ2n) is 4.58. The third kappa shape index (κ3) is 0.979. The molecule has 0 unspecified atom stereocenters. The molecule has 1 aromatic carbocycles. The zero-order chi connectivity index (χ0) is 8.77. The van der Waals surface area contributed by atoms with Crippen molar-refractivity contribution < 1.29 is 0 Å². The molecule has 12 heavy (non-hydrogen) atoms. The lowest BCUT2D eigenvalue weighted by Crippen LogP contribution is -2.11. The van der Waals surface area contributed by atoms with Crippen molar-refractivity contribution in [3.63, 3.8) is 0 Å². The standard InChI is InChI=1S/C12H16/c1-9-8-12(2,3)11-7-5-4-6-10(9)11/h4-7,9H,8H2,1-3H3/t9-/m1/s1. The Morgan fingerprint density at radius 3 is 2.58 bits per heavy atom. The van der Waals surface area contributed by atoms with E-state index in [1.807, 2.05) is 0 Å². The zero-order valence-corrected chi connectivity index (χ0v) is 8.09. The van der Waals surface area contributed by atoms with E-state index in [2.05, 4.69) is 45.0 Å². The number of rotatable bonds is 0. The fraction of sp³-hybridized carbons (Fsp3) is 0.500. The van der Waals surface area contributed by atoms with Gasteiger partial charge in [-0.25, -0.2) is 0 Å². The van der Waals surface area contributed by atoms with E-state index >= 15 is 0 Å². The maximum absolute atomic E-state index is 2.34. The molecule has 0 heterocycles. The Morgan fingerprint density at radius 2 is 1.92 bits per heavy atom. The average molecular weight is 160 g/mol. The van der Waals surface area contributed by atoms with E-state index < -0.39 is 0 Å². The lowest BCUT2D eigenvalue weighted by atomic mass is 9.86. The van der Waals surface area contributed by atoms with Crippen molar-refractivity contribution in [2.24, 2.45) is 0 Å². The van der Waals surface area contributed by atoms with Crippen molar-refractivity contribution in [2.75, 3.05) is 0 Å².